The molecule has 0 aliphatic heterocycles. The standard InChI is InChI=1S/C11H14N2O3S3/c1-8-12-9(6-17-8)4-13(2)19(15,16)11-3-10(5-14)18-7-11/h3,6-7,14H,4-5H2,1-2H3. The predicted octanol–water partition coefficient (Wildman–Crippen LogP) is 1.83. The van der Waals surface area contributed by atoms with Crippen LogP contribution < -0.4 is 0 Å². The average molecular weight is 318 g/mol. The number of aryl methyl sites for hydroxylation is 1. The SMILES string of the molecule is Cc1nc(CN(C)S(=O)(=O)c2csc(CO)c2)cs1. The van der Waals surface area contributed by atoms with Gasteiger partial charge in [-0.05, 0) is 13.0 Å². The van der Waals surface area contributed by atoms with E-state index in [4.69, 9.17) is 5.11 Å². The van der Waals surface area contributed by atoms with Crippen molar-refractivity contribution < 1.29 is 13.5 Å². The van der Waals surface area contributed by atoms with Gasteiger partial charge >= 0.3 is 0 Å². The summed E-state index contributed by atoms with van der Waals surface area (Å²) in [5.74, 6) is 0. The summed E-state index contributed by atoms with van der Waals surface area (Å²) in [6.45, 7) is 1.99. The number of sulfonamides is 1. The molecule has 2 rings (SSSR count). The molecule has 0 bridgehead atoms. The highest BCUT2D eigenvalue weighted by Gasteiger charge is 2.23. The molecule has 0 spiro atoms. The van der Waals surface area contributed by atoms with Crippen LogP contribution in [0.4, 0.5) is 0 Å². The first-order chi connectivity index (χ1) is 8.93. The smallest absolute Gasteiger partial charge is 0.244 e. The van der Waals surface area contributed by atoms with E-state index >= 15 is 0 Å². The topological polar surface area (TPSA) is 70.5 Å². The molecule has 2 aromatic heterocycles. The molecule has 0 aliphatic rings. The van der Waals surface area contributed by atoms with E-state index < -0.39 is 10.0 Å². The Bertz CT molecular complexity index is 660. The molecule has 0 atom stereocenters. The van der Waals surface area contributed by atoms with Crippen LogP contribution in [0, 0.1) is 6.92 Å². The Morgan fingerprint density at radius 1 is 1.37 bits per heavy atom. The highest BCUT2D eigenvalue weighted by atomic mass is 32.2. The second kappa shape index (κ2) is 5.68. The number of thiophene rings is 1. The molecular formula is C11H14N2O3S3. The summed E-state index contributed by atoms with van der Waals surface area (Å²) in [4.78, 5) is 5.11. The largest absolute Gasteiger partial charge is 0.391 e. The van der Waals surface area contributed by atoms with Crippen molar-refractivity contribution in [2.24, 2.45) is 0 Å². The molecule has 19 heavy (non-hydrogen) atoms. The molecule has 104 valence electrons. The van der Waals surface area contributed by atoms with Crippen LogP contribution in [0.15, 0.2) is 21.7 Å². The summed E-state index contributed by atoms with van der Waals surface area (Å²) >= 11 is 2.73. The van der Waals surface area contributed by atoms with E-state index in [0.717, 1.165) is 10.7 Å². The van der Waals surface area contributed by atoms with Gasteiger partial charge in [-0.25, -0.2) is 13.4 Å². The van der Waals surface area contributed by atoms with Gasteiger partial charge in [0, 0.05) is 22.7 Å². The molecule has 0 amide bonds. The van der Waals surface area contributed by atoms with Gasteiger partial charge in [0.15, 0.2) is 0 Å². The second-order valence-electron chi connectivity index (χ2n) is 4.03. The van der Waals surface area contributed by atoms with E-state index in [1.807, 2.05) is 12.3 Å². The van der Waals surface area contributed by atoms with Crippen LogP contribution >= 0.6 is 22.7 Å². The molecule has 2 heterocycles. The number of nitrogens with zero attached hydrogens (tertiary/aromatic N) is 2. The van der Waals surface area contributed by atoms with Gasteiger partial charge in [-0.1, -0.05) is 0 Å². The minimum Gasteiger partial charge on any atom is -0.391 e. The lowest BCUT2D eigenvalue weighted by Crippen LogP contribution is -2.26. The lowest BCUT2D eigenvalue weighted by molar-refractivity contribution is 0.285. The maximum atomic E-state index is 12.3. The Labute approximate surface area is 120 Å². The van der Waals surface area contributed by atoms with Crippen molar-refractivity contribution >= 4 is 32.7 Å². The van der Waals surface area contributed by atoms with Crippen LogP contribution in [0.5, 0.6) is 0 Å². The summed E-state index contributed by atoms with van der Waals surface area (Å²) in [5.41, 5.74) is 0.742. The summed E-state index contributed by atoms with van der Waals surface area (Å²) in [6, 6.07) is 1.50. The summed E-state index contributed by atoms with van der Waals surface area (Å²) in [6.07, 6.45) is 0. The van der Waals surface area contributed by atoms with E-state index in [1.54, 1.807) is 5.38 Å². The highest BCUT2D eigenvalue weighted by Crippen LogP contribution is 2.23. The normalized spacial score (nSPS) is 12.2. The highest BCUT2D eigenvalue weighted by molar-refractivity contribution is 7.89. The van der Waals surface area contributed by atoms with Crippen molar-refractivity contribution in [2.45, 2.75) is 25.0 Å². The lowest BCUT2D eigenvalue weighted by atomic mass is 10.5. The molecule has 0 aromatic carbocycles. The molecule has 0 fully saturated rings. The molecule has 2 aromatic rings. The molecule has 8 heteroatoms. The third-order valence-electron chi connectivity index (χ3n) is 2.54. The summed E-state index contributed by atoms with van der Waals surface area (Å²) in [5, 5.41) is 13.3. The molecule has 1 N–H and O–H groups in total. The van der Waals surface area contributed by atoms with E-state index in [-0.39, 0.29) is 18.0 Å². The lowest BCUT2D eigenvalue weighted by Gasteiger charge is -2.14. The van der Waals surface area contributed by atoms with Crippen LogP contribution in [-0.2, 0) is 23.2 Å². The molecular weight excluding hydrogens is 304 g/mol. The minimum atomic E-state index is -3.52. The van der Waals surface area contributed by atoms with Crippen molar-refractivity contribution in [3.8, 4) is 0 Å². The van der Waals surface area contributed by atoms with E-state index in [9.17, 15) is 8.42 Å². The zero-order chi connectivity index (χ0) is 14.0. The first-order valence-corrected chi connectivity index (χ1v) is 8.69. The van der Waals surface area contributed by atoms with Gasteiger partial charge in [0.25, 0.3) is 0 Å². The summed E-state index contributed by atoms with van der Waals surface area (Å²) in [7, 11) is -1.99. The maximum Gasteiger partial charge on any atom is 0.244 e. The zero-order valence-electron chi connectivity index (χ0n) is 10.5. The average Bonchev–Trinajstić information content (AvgIpc) is 2.98. The Morgan fingerprint density at radius 2 is 2.11 bits per heavy atom. The molecule has 0 saturated carbocycles. The van der Waals surface area contributed by atoms with Gasteiger partial charge in [0.2, 0.25) is 10.0 Å². The number of aliphatic hydroxyl groups is 1. The van der Waals surface area contributed by atoms with Gasteiger partial charge < -0.3 is 5.11 Å². The number of rotatable bonds is 5. The monoisotopic (exact) mass is 318 g/mol. The quantitative estimate of drug-likeness (QED) is 0.913. The molecule has 5 nitrogen and oxygen atoms in total. The van der Waals surface area contributed by atoms with Gasteiger partial charge in [-0.2, -0.15) is 4.31 Å². The van der Waals surface area contributed by atoms with Crippen molar-refractivity contribution in [3.05, 3.63) is 32.4 Å². The Kier molecular flexibility index (Phi) is 4.36. The number of aliphatic hydroxyl groups excluding tert-OH is 1. The van der Waals surface area contributed by atoms with Gasteiger partial charge in [-0.3, -0.25) is 0 Å². The van der Waals surface area contributed by atoms with E-state index in [0.29, 0.717) is 4.88 Å². The first-order valence-electron chi connectivity index (χ1n) is 5.49. The molecule has 0 radical (unpaired) electrons. The van der Waals surface area contributed by atoms with E-state index in [2.05, 4.69) is 4.98 Å². The first kappa shape index (κ1) is 14.6. The minimum absolute atomic E-state index is 0.144. The van der Waals surface area contributed by atoms with Gasteiger partial charge in [0.05, 0.1) is 28.7 Å². The fourth-order valence-corrected chi connectivity index (χ4v) is 4.42. The third-order valence-corrected chi connectivity index (χ3v) is 6.22. The van der Waals surface area contributed by atoms with Crippen LogP contribution in [0.25, 0.3) is 0 Å². The van der Waals surface area contributed by atoms with Crippen LogP contribution in [0.1, 0.15) is 15.6 Å². The summed E-state index contributed by atoms with van der Waals surface area (Å²) < 4.78 is 25.9. The second-order valence-corrected chi connectivity index (χ2v) is 8.13. The number of hydrogen-bond acceptors (Lipinski definition) is 6. The van der Waals surface area contributed by atoms with Crippen molar-refractivity contribution in [1.29, 1.82) is 0 Å². The van der Waals surface area contributed by atoms with Crippen molar-refractivity contribution in [3.63, 3.8) is 0 Å². The zero-order valence-corrected chi connectivity index (χ0v) is 13.0. The van der Waals surface area contributed by atoms with Crippen LogP contribution in [0.3, 0.4) is 0 Å². The molecule has 0 aliphatic carbocycles. The van der Waals surface area contributed by atoms with Gasteiger partial charge in [-0.15, -0.1) is 22.7 Å². The maximum absolute atomic E-state index is 12.3. The fraction of sp³-hybridized carbons (Fsp3) is 0.364. The molecule has 0 saturated heterocycles. The van der Waals surface area contributed by atoms with Crippen molar-refractivity contribution in [2.75, 3.05) is 7.05 Å². The molecule has 0 unspecified atom stereocenters. The van der Waals surface area contributed by atoms with Crippen LogP contribution in [0.2, 0.25) is 0 Å². The van der Waals surface area contributed by atoms with E-state index in [1.165, 1.54) is 40.1 Å². The fourth-order valence-electron chi connectivity index (χ4n) is 1.55. The number of hydrogen-bond donors (Lipinski definition) is 1. The van der Waals surface area contributed by atoms with Crippen molar-refractivity contribution in [1.82, 2.24) is 9.29 Å². The Hall–Kier alpha value is -0.800. The third kappa shape index (κ3) is 3.21. The Morgan fingerprint density at radius 3 is 2.63 bits per heavy atom. The number of thiazole rings is 1. The van der Waals surface area contributed by atoms with Crippen LogP contribution in [-0.4, -0.2) is 29.9 Å². The predicted molar refractivity (Wildman–Crippen MR) is 75.7 cm³/mol. The Balaban J connectivity index is 2.19. The number of aromatic nitrogens is 1. The van der Waals surface area contributed by atoms with Gasteiger partial charge in [0.1, 0.15) is 0 Å².